The largest absolute Gasteiger partial charge is 0.494 e. The van der Waals surface area contributed by atoms with Crippen molar-refractivity contribution in [2.24, 2.45) is 0 Å². The maximum atomic E-state index is 12.9. The second-order valence-electron chi connectivity index (χ2n) is 7.23. The fourth-order valence-corrected chi connectivity index (χ4v) is 3.33. The first-order chi connectivity index (χ1) is 14.6. The summed E-state index contributed by atoms with van der Waals surface area (Å²) in [5.41, 5.74) is 2.69. The van der Waals surface area contributed by atoms with Crippen LogP contribution in [0.15, 0.2) is 24.3 Å². The van der Waals surface area contributed by atoms with E-state index in [0.717, 1.165) is 15.8 Å². The summed E-state index contributed by atoms with van der Waals surface area (Å²) in [7, 11) is 1.72. The van der Waals surface area contributed by atoms with Gasteiger partial charge in [-0.1, -0.05) is 12.1 Å². The maximum absolute atomic E-state index is 12.9. The van der Waals surface area contributed by atoms with Gasteiger partial charge in [0.2, 0.25) is 5.91 Å². The fourth-order valence-electron chi connectivity index (χ4n) is 3.33. The van der Waals surface area contributed by atoms with Crippen molar-refractivity contribution >= 4 is 11.7 Å². The molecule has 0 saturated carbocycles. The molecule has 0 aliphatic heterocycles. The van der Waals surface area contributed by atoms with Crippen molar-refractivity contribution in [1.29, 1.82) is 0 Å². The molecule has 2 aromatic heterocycles. The second-order valence-corrected chi connectivity index (χ2v) is 7.23. The Bertz CT molecular complexity index is 1080. The molecule has 0 bridgehead atoms. The van der Waals surface area contributed by atoms with Gasteiger partial charge in [0, 0.05) is 31.4 Å². The Balaban J connectivity index is 1.68. The number of hydrogen-bond donors (Lipinski definition) is 0. The van der Waals surface area contributed by atoms with Crippen molar-refractivity contribution in [3.63, 3.8) is 0 Å². The van der Waals surface area contributed by atoms with Crippen molar-refractivity contribution in [3.05, 3.63) is 52.6 Å². The number of aromatic nitrogens is 4. The number of fused-ring (bicyclic) bond motifs is 1. The molecule has 0 spiro atoms. The fraction of sp³-hybridized carbons (Fsp3) is 0.429. The van der Waals surface area contributed by atoms with Crippen molar-refractivity contribution in [3.8, 4) is 5.75 Å². The average molecular weight is 435 g/mol. The van der Waals surface area contributed by atoms with E-state index < -0.39 is 12.0 Å². The first-order valence-electron chi connectivity index (χ1n) is 9.86. The molecule has 10 heteroatoms. The Kier molecular flexibility index (Phi) is 6.47. The van der Waals surface area contributed by atoms with Gasteiger partial charge in [0.05, 0.1) is 6.61 Å². The number of ether oxygens (including phenoxy) is 1. The van der Waals surface area contributed by atoms with Crippen LogP contribution in [0.1, 0.15) is 41.7 Å². The molecule has 1 aromatic carbocycles. The van der Waals surface area contributed by atoms with E-state index in [1.807, 2.05) is 31.2 Å². The summed E-state index contributed by atoms with van der Waals surface area (Å²) in [6, 6.07) is 7.53. The van der Waals surface area contributed by atoms with Crippen LogP contribution in [0.2, 0.25) is 0 Å². The molecule has 0 N–H and O–H groups in total. The van der Waals surface area contributed by atoms with Crippen LogP contribution in [-0.4, -0.2) is 44.0 Å². The molecule has 3 aromatic rings. The molecule has 2 heterocycles. The van der Waals surface area contributed by atoms with Crippen LogP contribution in [0.5, 0.6) is 5.75 Å². The molecular formula is C21H24F3N5O2. The van der Waals surface area contributed by atoms with Crippen LogP contribution < -0.4 is 4.74 Å². The number of benzene rings is 1. The number of nitrogens with zero attached hydrogens (tertiary/aromatic N) is 5. The van der Waals surface area contributed by atoms with Gasteiger partial charge >= 0.3 is 6.18 Å². The third-order valence-electron chi connectivity index (χ3n) is 4.97. The highest BCUT2D eigenvalue weighted by atomic mass is 19.4. The Labute approximate surface area is 177 Å². The van der Waals surface area contributed by atoms with Gasteiger partial charge in [0.25, 0.3) is 11.6 Å². The van der Waals surface area contributed by atoms with Gasteiger partial charge in [-0.25, -0.2) is 9.50 Å². The van der Waals surface area contributed by atoms with E-state index in [1.54, 1.807) is 25.8 Å². The SMILES string of the molecule is CCOc1ccc(CN(C)C(=O)CCc2c(C)nc3nc(C(F)(F)F)nn3c2C)cc1. The zero-order valence-corrected chi connectivity index (χ0v) is 17.8. The lowest BCUT2D eigenvalue weighted by atomic mass is 10.1. The number of halogens is 3. The van der Waals surface area contributed by atoms with E-state index >= 15 is 0 Å². The molecule has 0 fully saturated rings. The van der Waals surface area contributed by atoms with Gasteiger partial charge in [-0.15, -0.1) is 5.10 Å². The molecule has 0 unspecified atom stereocenters. The van der Waals surface area contributed by atoms with E-state index in [0.29, 0.717) is 36.5 Å². The summed E-state index contributed by atoms with van der Waals surface area (Å²) in [6.07, 6.45) is -4.11. The van der Waals surface area contributed by atoms with E-state index in [9.17, 15) is 18.0 Å². The second kappa shape index (κ2) is 8.91. The number of rotatable bonds is 7. The third-order valence-corrected chi connectivity index (χ3v) is 4.97. The number of amides is 1. The molecular weight excluding hydrogens is 411 g/mol. The molecule has 166 valence electrons. The zero-order valence-electron chi connectivity index (χ0n) is 17.8. The lowest BCUT2D eigenvalue weighted by Gasteiger charge is -2.18. The molecule has 0 aliphatic rings. The quantitative estimate of drug-likeness (QED) is 0.565. The van der Waals surface area contributed by atoms with Crippen LogP contribution in [0.4, 0.5) is 13.2 Å². The van der Waals surface area contributed by atoms with E-state index in [2.05, 4.69) is 15.1 Å². The number of alkyl halides is 3. The predicted molar refractivity (Wildman–Crippen MR) is 108 cm³/mol. The van der Waals surface area contributed by atoms with Crippen LogP contribution in [0.25, 0.3) is 5.78 Å². The molecule has 0 aliphatic carbocycles. The summed E-state index contributed by atoms with van der Waals surface area (Å²) in [5.74, 6) is -0.644. The van der Waals surface area contributed by atoms with E-state index in [1.165, 1.54) is 0 Å². The predicted octanol–water partition coefficient (Wildman–Crippen LogP) is 3.75. The maximum Gasteiger partial charge on any atom is 0.453 e. The highest BCUT2D eigenvalue weighted by Crippen LogP contribution is 2.27. The van der Waals surface area contributed by atoms with Gasteiger partial charge in [-0.05, 0) is 50.5 Å². The summed E-state index contributed by atoms with van der Waals surface area (Å²) < 4.78 is 45.2. The van der Waals surface area contributed by atoms with Crippen molar-refractivity contribution in [1.82, 2.24) is 24.5 Å². The lowest BCUT2D eigenvalue weighted by Crippen LogP contribution is -2.26. The highest BCUT2D eigenvalue weighted by molar-refractivity contribution is 5.76. The average Bonchev–Trinajstić information content (AvgIpc) is 3.14. The Morgan fingerprint density at radius 2 is 1.84 bits per heavy atom. The summed E-state index contributed by atoms with van der Waals surface area (Å²) in [4.78, 5) is 21.8. The molecule has 0 radical (unpaired) electrons. The monoisotopic (exact) mass is 435 g/mol. The van der Waals surface area contributed by atoms with Gasteiger partial charge in [-0.2, -0.15) is 18.2 Å². The van der Waals surface area contributed by atoms with Gasteiger partial charge < -0.3 is 9.64 Å². The highest BCUT2D eigenvalue weighted by Gasteiger charge is 2.37. The molecule has 0 atom stereocenters. The molecule has 1 amide bonds. The zero-order chi connectivity index (χ0) is 22.8. The minimum absolute atomic E-state index is 0.0812. The van der Waals surface area contributed by atoms with Crippen molar-refractivity contribution < 1.29 is 22.7 Å². The Morgan fingerprint density at radius 3 is 2.45 bits per heavy atom. The summed E-state index contributed by atoms with van der Waals surface area (Å²) >= 11 is 0. The van der Waals surface area contributed by atoms with Gasteiger partial charge in [0.15, 0.2) is 0 Å². The van der Waals surface area contributed by atoms with Crippen LogP contribution in [-0.2, 0) is 23.9 Å². The normalized spacial score (nSPS) is 11.7. The van der Waals surface area contributed by atoms with Crippen LogP contribution in [0.3, 0.4) is 0 Å². The standard InChI is InChI=1S/C21H24F3N5O2/c1-5-31-16-8-6-15(7-9-16)12-28(4)18(30)11-10-17-13(2)25-20-26-19(21(22,23)24)27-29(20)14(17)3/h6-9H,5,10-12H2,1-4H3. The van der Waals surface area contributed by atoms with Gasteiger partial charge in [-0.3, -0.25) is 4.79 Å². The Hall–Kier alpha value is -3.17. The minimum atomic E-state index is -4.65. The molecule has 3 rings (SSSR count). The third kappa shape index (κ3) is 5.12. The van der Waals surface area contributed by atoms with Crippen molar-refractivity contribution in [2.45, 2.75) is 46.3 Å². The van der Waals surface area contributed by atoms with Crippen LogP contribution >= 0.6 is 0 Å². The molecule has 7 nitrogen and oxygen atoms in total. The summed E-state index contributed by atoms with van der Waals surface area (Å²) in [5, 5.41) is 3.54. The van der Waals surface area contributed by atoms with Crippen molar-refractivity contribution in [2.75, 3.05) is 13.7 Å². The smallest absolute Gasteiger partial charge is 0.453 e. The first-order valence-corrected chi connectivity index (χ1v) is 9.86. The van der Waals surface area contributed by atoms with E-state index in [-0.39, 0.29) is 18.1 Å². The first kappa shape index (κ1) is 22.5. The molecule has 31 heavy (non-hydrogen) atoms. The lowest BCUT2D eigenvalue weighted by molar-refractivity contribution is -0.144. The number of hydrogen-bond acceptors (Lipinski definition) is 5. The van der Waals surface area contributed by atoms with Crippen LogP contribution in [0, 0.1) is 13.8 Å². The molecule has 0 saturated heterocycles. The Morgan fingerprint density at radius 1 is 1.16 bits per heavy atom. The summed E-state index contributed by atoms with van der Waals surface area (Å²) in [6.45, 7) is 6.29. The minimum Gasteiger partial charge on any atom is -0.494 e. The topological polar surface area (TPSA) is 72.6 Å². The van der Waals surface area contributed by atoms with Gasteiger partial charge in [0.1, 0.15) is 5.75 Å². The number of carbonyl (C=O) groups excluding carboxylic acids is 1. The number of carbonyl (C=O) groups is 1. The van der Waals surface area contributed by atoms with E-state index in [4.69, 9.17) is 4.74 Å². The number of aryl methyl sites for hydroxylation is 2.